The van der Waals surface area contributed by atoms with Gasteiger partial charge in [-0.05, 0) is 6.92 Å². The molecule has 0 amide bonds. The van der Waals surface area contributed by atoms with Crippen LogP contribution in [0.4, 0.5) is 0 Å². The molecule has 4 nitrogen and oxygen atoms in total. The second kappa shape index (κ2) is 1.81. The molecule has 1 aliphatic rings. The van der Waals surface area contributed by atoms with Gasteiger partial charge in [-0.2, -0.15) is 0 Å². The lowest BCUT2D eigenvalue weighted by atomic mass is 10.4. The Labute approximate surface area is 47.5 Å². The highest BCUT2D eigenvalue weighted by atomic mass is 15.4. The van der Waals surface area contributed by atoms with E-state index in [1.54, 1.807) is 6.21 Å². The Kier molecular flexibility index (Phi) is 1.15. The molecule has 8 heavy (non-hydrogen) atoms. The minimum Gasteiger partial charge on any atom is -0.367 e. The first kappa shape index (κ1) is 5.08. The summed E-state index contributed by atoms with van der Waals surface area (Å²) in [7, 11) is 0. The maximum absolute atomic E-state index is 5.19. The second-order valence-corrected chi connectivity index (χ2v) is 1.67. The standard InChI is InChI=1S/C4H8N4/c1-3-2-6-4(5)8-7-3/h2-3,7H,1H3,(H2,5,8). The normalized spacial score (nSPS) is 26.6. The first-order chi connectivity index (χ1) is 3.79. The molecule has 0 aromatic heterocycles. The Morgan fingerprint density at radius 2 is 2.62 bits per heavy atom. The van der Waals surface area contributed by atoms with Crippen molar-refractivity contribution in [2.24, 2.45) is 15.8 Å². The highest BCUT2D eigenvalue weighted by Crippen LogP contribution is 1.82. The molecular weight excluding hydrogens is 104 g/mol. The number of guanidine groups is 1. The van der Waals surface area contributed by atoms with Gasteiger partial charge in [0.1, 0.15) is 0 Å². The first-order valence-corrected chi connectivity index (χ1v) is 2.42. The molecular formula is C4H8N4. The summed E-state index contributed by atoms with van der Waals surface area (Å²) < 4.78 is 0. The van der Waals surface area contributed by atoms with Gasteiger partial charge in [0.25, 0.3) is 0 Å². The van der Waals surface area contributed by atoms with Crippen molar-refractivity contribution >= 4 is 12.2 Å². The third-order valence-corrected chi connectivity index (χ3v) is 0.813. The number of hydrogen-bond donors (Lipinski definition) is 2. The van der Waals surface area contributed by atoms with Crippen molar-refractivity contribution < 1.29 is 0 Å². The number of nitrogens with two attached hydrogens (primary N) is 1. The van der Waals surface area contributed by atoms with E-state index in [0.717, 1.165) is 0 Å². The van der Waals surface area contributed by atoms with Gasteiger partial charge in [-0.25, -0.2) is 4.99 Å². The van der Waals surface area contributed by atoms with E-state index in [0.29, 0.717) is 5.96 Å². The zero-order chi connectivity index (χ0) is 5.98. The number of nitrogens with zero attached hydrogens (tertiary/aromatic N) is 2. The van der Waals surface area contributed by atoms with E-state index in [1.165, 1.54) is 0 Å². The summed E-state index contributed by atoms with van der Waals surface area (Å²) in [6.45, 7) is 1.94. The van der Waals surface area contributed by atoms with Gasteiger partial charge in [0.2, 0.25) is 5.96 Å². The van der Waals surface area contributed by atoms with E-state index in [4.69, 9.17) is 5.73 Å². The average molecular weight is 112 g/mol. The van der Waals surface area contributed by atoms with E-state index in [9.17, 15) is 0 Å². The third kappa shape index (κ3) is 0.959. The lowest BCUT2D eigenvalue weighted by Crippen LogP contribution is -2.30. The van der Waals surface area contributed by atoms with Crippen molar-refractivity contribution in [1.82, 2.24) is 5.43 Å². The van der Waals surface area contributed by atoms with E-state index in [1.807, 2.05) is 6.92 Å². The van der Waals surface area contributed by atoms with Crippen LogP contribution in [-0.2, 0) is 0 Å². The summed E-state index contributed by atoms with van der Waals surface area (Å²) >= 11 is 0. The zero-order valence-corrected chi connectivity index (χ0v) is 4.63. The van der Waals surface area contributed by atoms with Crippen molar-refractivity contribution in [3.8, 4) is 0 Å². The predicted octanol–water partition coefficient (Wildman–Crippen LogP) is -0.721. The van der Waals surface area contributed by atoms with Crippen LogP contribution in [0.1, 0.15) is 6.92 Å². The monoisotopic (exact) mass is 112 g/mol. The van der Waals surface area contributed by atoms with Crippen LogP contribution in [0.25, 0.3) is 0 Å². The van der Waals surface area contributed by atoms with Gasteiger partial charge < -0.3 is 5.73 Å². The molecule has 0 saturated heterocycles. The second-order valence-electron chi connectivity index (χ2n) is 1.67. The van der Waals surface area contributed by atoms with Crippen LogP contribution in [-0.4, -0.2) is 18.2 Å². The minimum atomic E-state index is 0.210. The molecule has 0 aliphatic carbocycles. The van der Waals surface area contributed by atoms with Crippen molar-refractivity contribution in [3.63, 3.8) is 0 Å². The zero-order valence-electron chi connectivity index (χ0n) is 4.63. The third-order valence-electron chi connectivity index (χ3n) is 0.813. The molecule has 0 spiro atoms. The van der Waals surface area contributed by atoms with Crippen LogP contribution in [0.15, 0.2) is 10.1 Å². The van der Waals surface area contributed by atoms with Crippen molar-refractivity contribution in [2.75, 3.05) is 0 Å². The molecule has 0 aromatic carbocycles. The van der Waals surface area contributed by atoms with Gasteiger partial charge in [0.15, 0.2) is 0 Å². The SMILES string of the molecule is CC1C=NC(N)=NN1. The Bertz CT molecular complexity index is 137. The molecule has 1 unspecified atom stereocenters. The van der Waals surface area contributed by atoms with E-state index in [-0.39, 0.29) is 6.04 Å². The quantitative estimate of drug-likeness (QED) is 0.434. The van der Waals surface area contributed by atoms with Crippen LogP contribution >= 0.6 is 0 Å². The fraction of sp³-hybridized carbons (Fsp3) is 0.500. The van der Waals surface area contributed by atoms with Crippen LogP contribution in [0.5, 0.6) is 0 Å². The van der Waals surface area contributed by atoms with Gasteiger partial charge in [-0.15, -0.1) is 5.10 Å². The topological polar surface area (TPSA) is 62.8 Å². The summed E-state index contributed by atoms with van der Waals surface area (Å²) in [5.74, 6) is 0.295. The molecule has 1 atom stereocenters. The Balaban J connectivity index is 2.58. The molecule has 1 rings (SSSR count). The van der Waals surface area contributed by atoms with Crippen LogP contribution in [0, 0.1) is 0 Å². The van der Waals surface area contributed by atoms with Gasteiger partial charge >= 0.3 is 0 Å². The van der Waals surface area contributed by atoms with Crippen molar-refractivity contribution in [2.45, 2.75) is 13.0 Å². The number of aliphatic imine (C=N–C) groups is 1. The molecule has 0 saturated carbocycles. The first-order valence-electron chi connectivity index (χ1n) is 2.42. The Morgan fingerprint density at radius 3 is 3.00 bits per heavy atom. The number of rotatable bonds is 0. The largest absolute Gasteiger partial charge is 0.367 e. The van der Waals surface area contributed by atoms with Gasteiger partial charge in [0, 0.05) is 6.21 Å². The summed E-state index contributed by atoms with van der Waals surface area (Å²) in [5, 5.41) is 3.66. The number of nitrogens with one attached hydrogen (secondary N) is 1. The van der Waals surface area contributed by atoms with Gasteiger partial charge in [0.05, 0.1) is 6.04 Å². The van der Waals surface area contributed by atoms with Gasteiger partial charge in [-0.1, -0.05) is 0 Å². The van der Waals surface area contributed by atoms with Gasteiger partial charge in [-0.3, -0.25) is 5.43 Å². The van der Waals surface area contributed by atoms with Crippen LogP contribution in [0.3, 0.4) is 0 Å². The fourth-order valence-corrected chi connectivity index (χ4v) is 0.418. The number of hydrazone groups is 1. The molecule has 4 heteroatoms. The minimum absolute atomic E-state index is 0.210. The predicted molar refractivity (Wildman–Crippen MR) is 32.7 cm³/mol. The summed E-state index contributed by atoms with van der Waals surface area (Å²) in [5.41, 5.74) is 7.93. The summed E-state index contributed by atoms with van der Waals surface area (Å²) in [6, 6.07) is 0.210. The summed E-state index contributed by atoms with van der Waals surface area (Å²) in [6.07, 6.45) is 1.71. The lowest BCUT2D eigenvalue weighted by molar-refractivity contribution is 0.697. The van der Waals surface area contributed by atoms with E-state index >= 15 is 0 Å². The van der Waals surface area contributed by atoms with Crippen LogP contribution in [0.2, 0.25) is 0 Å². The molecule has 3 N–H and O–H groups in total. The smallest absolute Gasteiger partial charge is 0.236 e. The maximum Gasteiger partial charge on any atom is 0.236 e. The molecule has 1 aliphatic heterocycles. The Morgan fingerprint density at radius 1 is 1.88 bits per heavy atom. The highest BCUT2D eigenvalue weighted by molar-refractivity contribution is 5.89. The summed E-state index contributed by atoms with van der Waals surface area (Å²) in [4.78, 5) is 3.75. The molecule has 0 aromatic rings. The van der Waals surface area contributed by atoms with E-state index in [2.05, 4.69) is 15.5 Å². The molecule has 44 valence electrons. The van der Waals surface area contributed by atoms with Crippen molar-refractivity contribution in [1.29, 1.82) is 0 Å². The molecule has 0 radical (unpaired) electrons. The molecule has 0 fully saturated rings. The fourth-order valence-electron chi connectivity index (χ4n) is 0.418. The average Bonchev–Trinajstić information content (AvgIpc) is 1.77. The molecule has 0 bridgehead atoms. The number of hydrogen-bond acceptors (Lipinski definition) is 4. The van der Waals surface area contributed by atoms with E-state index < -0.39 is 0 Å². The maximum atomic E-state index is 5.19. The van der Waals surface area contributed by atoms with Crippen molar-refractivity contribution in [3.05, 3.63) is 0 Å². The lowest BCUT2D eigenvalue weighted by Gasteiger charge is -2.08. The van der Waals surface area contributed by atoms with Crippen LogP contribution < -0.4 is 11.2 Å². The Hall–Kier alpha value is -1.06. The highest BCUT2D eigenvalue weighted by Gasteiger charge is 1.98. The molecule has 1 heterocycles.